The Bertz CT molecular complexity index is 657. The zero-order valence-electron chi connectivity index (χ0n) is 12.2. The second-order valence-electron chi connectivity index (χ2n) is 5.46. The number of hydrogen-bond donors (Lipinski definition) is 1. The van der Waals surface area contributed by atoms with E-state index in [1.807, 2.05) is 22.8 Å². The van der Waals surface area contributed by atoms with E-state index in [1.54, 1.807) is 13.2 Å². The molecule has 112 valence electrons. The predicted octanol–water partition coefficient (Wildman–Crippen LogP) is 2.44. The number of methoxy groups -OCH3 is 1. The van der Waals surface area contributed by atoms with Crippen molar-refractivity contribution in [3.05, 3.63) is 30.0 Å². The van der Waals surface area contributed by atoms with Crippen molar-refractivity contribution in [2.24, 2.45) is 0 Å². The molecule has 2 heterocycles. The Hall–Kier alpha value is -2.01. The molecule has 0 amide bonds. The highest BCUT2D eigenvalue weighted by Gasteiger charge is 2.17. The molecule has 1 aromatic heterocycles. The molecule has 2 aromatic rings. The molecule has 5 nitrogen and oxygen atoms in total. The molecule has 1 aliphatic rings. The van der Waals surface area contributed by atoms with Gasteiger partial charge in [0.15, 0.2) is 0 Å². The van der Waals surface area contributed by atoms with E-state index in [0.717, 1.165) is 36.3 Å². The van der Waals surface area contributed by atoms with Crippen molar-refractivity contribution in [3.8, 4) is 5.75 Å². The van der Waals surface area contributed by atoms with Crippen LogP contribution in [0.25, 0.3) is 10.9 Å². The second-order valence-corrected chi connectivity index (χ2v) is 5.46. The number of likely N-dealkylation sites (tertiary alicyclic amines) is 1. The van der Waals surface area contributed by atoms with Crippen LogP contribution in [0.1, 0.15) is 23.3 Å². The molecule has 0 spiro atoms. The fourth-order valence-corrected chi connectivity index (χ4v) is 3.04. The molecule has 3 rings (SSSR count). The van der Waals surface area contributed by atoms with Gasteiger partial charge >= 0.3 is 5.97 Å². The van der Waals surface area contributed by atoms with Gasteiger partial charge < -0.3 is 19.3 Å². The highest BCUT2D eigenvalue weighted by Crippen LogP contribution is 2.25. The number of rotatable bonds is 5. The van der Waals surface area contributed by atoms with E-state index in [1.165, 1.54) is 12.8 Å². The topological polar surface area (TPSA) is 54.7 Å². The summed E-state index contributed by atoms with van der Waals surface area (Å²) >= 11 is 0. The van der Waals surface area contributed by atoms with Crippen molar-refractivity contribution in [2.75, 3.05) is 26.7 Å². The number of carboxylic acids is 1. The average Bonchev–Trinajstić information content (AvgIpc) is 3.11. The molecular weight excluding hydrogens is 268 g/mol. The highest BCUT2D eigenvalue weighted by atomic mass is 16.5. The Balaban J connectivity index is 1.93. The largest absolute Gasteiger partial charge is 0.497 e. The van der Waals surface area contributed by atoms with Gasteiger partial charge in [0.2, 0.25) is 0 Å². The summed E-state index contributed by atoms with van der Waals surface area (Å²) in [5, 5.41) is 10.3. The third kappa shape index (κ3) is 2.74. The van der Waals surface area contributed by atoms with Gasteiger partial charge in [0.05, 0.1) is 7.11 Å². The number of aromatic nitrogens is 1. The van der Waals surface area contributed by atoms with E-state index < -0.39 is 5.97 Å². The van der Waals surface area contributed by atoms with Crippen molar-refractivity contribution >= 4 is 16.9 Å². The van der Waals surface area contributed by atoms with Gasteiger partial charge in [-0.2, -0.15) is 0 Å². The van der Waals surface area contributed by atoms with Crippen LogP contribution in [0.5, 0.6) is 5.75 Å². The van der Waals surface area contributed by atoms with E-state index in [9.17, 15) is 9.90 Å². The third-order valence-electron chi connectivity index (χ3n) is 4.17. The van der Waals surface area contributed by atoms with Crippen molar-refractivity contribution in [2.45, 2.75) is 19.4 Å². The van der Waals surface area contributed by atoms with E-state index in [2.05, 4.69) is 4.90 Å². The molecule has 21 heavy (non-hydrogen) atoms. The number of benzene rings is 1. The fourth-order valence-electron chi connectivity index (χ4n) is 3.04. The molecule has 1 N–H and O–H groups in total. The van der Waals surface area contributed by atoms with Crippen molar-refractivity contribution < 1.29 is 14.6 Å². The number of nitrogens with zero attached hydrogens (tertiary/aromatic N) is 2. The lowest BCUT2D eigenvalue weighted by atomic mass is 10.2. The first-order valence-corrected chi connectivity index (χ1v) is 7.32. The molecule has 1 aromatic carbocycles. The maximum absolute atomic E-state index is 11.5. The molecule has 1 fully saturated rings. The van der Waals surface area contributed by atoms with Crippen LogP contribution in [0, 0.1) is 0 Å². The number of ether oxygens (including phenoxy) is 1. The summed E-state index contributed by atoms with van der Waals surface area (Å²) < 4.78 is 7.11. The Morgan fingerprint density at radius 3 is 2.67 bits per heavy atom. The van der Waals surface area contributed by atoms with Gasteiger partial charge in [-0.05, 0) is 50.2 Å². The minimum Gasteiger partial charge on any atom is -0.497 e. The van der Waals surface area contributed by atoms with Gasteiger partial charge in [0.25, 0.3) is 0 Å². The fraction of sp³-hybridized carbons (Fsp3) is 0.438. The Morgan fingerprint density at radius 1 is 1.24 bits per heavy atom. The summed E-state index contributed by atoms with van der Waals surface area (Å²) in [5.74, 6) is -0.136. The first kappa shape index (κ1) is 13.9. The smallest absolute Gasteiger partial charge is 0.352 e. The van der Waals surface area contributed by atoms with E-state index in [-0.39, 0.29) is 0 Å². The SMILES string of the molecule is COc1ccc2c(c1)cc(C(=O)O)n2CCN1CCCC1. The Labute approximate surface area is 123 Å². The summed E-state index contributed by atoms with van der Waals surface area (Å²) in [6, 6.07) is 7.42. The molecule has 1 saturated heterocycles. The molecular formula is C16H20N2O3. The van der Waals surface area contributed by atoms with Crippen LogP contribution < -0.4 is 4.74 Å². The summed E-state index contributed by atoms with van der Waals surface area (Å²) in [7, 11) is 1.61. The normalized spacial score (nSPS) is 15.7. The zero-order chi connectivity index (χ0) is 14.8. The minimum atomic E-state index is -0.883. The van der Waals surface area contributed by atoms with Gasteiger partial charge in [-0.25, -0.2) is 4.79 Å². The van der Waals surface area contributed by atoms with Crippen LogP contribution in [0.2, 0.25) is 0 Å². The predicted molar refractivity (Wildman–Crippen MR) is 81.1 cm³/mol. The molecule has 0 aliphatic carbocycles. The van der Waals surface area contributed by atoms with Gasteiger partial charge in [-0.1, -0.05) is 0 Å². The maximum Gasteiger partial charge on any atom is 0.352 e. The van der Waals surface area contributed by atoms with Crippen molar-refractivity contribution in [1.29, 1.82) is 0 Å². The standard InChI is InChI=1S/C16H20N2O3/c1-21-13-4-5-14-12(10-13)11-15(16(19)20)18(14)9-8-17-6-2-3-7-17/h4-5,10-11H,2-3,6-9H2,1H3,(H,19,20). The van der Waals surface area contributed by atoms with Gasteiger partial charge in [0.1, 0.15) is 11.4 Å². The van der Waals surface area contributed by atoms with Crippen molar-refractivity contribution in [3.63, 3.8) is 0 Å². The number of fused-ring (bicyclic) bond motifs is 1. The Morgan fingerprint density at radius 2 is 2.00 bits per heavy atom. The summed E-state index contributed by atoms with van der Waals surface area (Å²) in [5.41, 5.74) is 1.30. The van der Waals surface area contributed by atoms with E-state index in [4.69, 9.17) is 4.74 Å². The Kier molecular flexibility index (Phi) is 3.84. The van der Waals surface area contributed by atoms with E-state index >= 15 is 0 Å². The summed E-state index contributed by atoms with van der Waals surface area (Å²) in [6.07, 6.45) is 2.49. The summed E-state index contributed by atoms with van der Waals surface area (Å²) in [6.45, 7) is 3.85. The molecule has 5 heteroatoms. The molecule has 1 aliphatic heterocycles. The highest BCUT2D eigenvalue weighted by molar-refractivity contribution is 5.95. The molecule has 0 atom stereocenters. The van der Waals surface area contributed by atoms with Crippen LogP contribution in [-0.2, 0) is 6.54 Å². The third-order valence-corrected chi connectivity index (χ3v) is 4.17. The lowest BCUT2D eigenvalue weighted by Crippen LogP contribution is -2.25. The first-order chi connectivity index (χ1) is 10.2. The van der Waals surface area contributed by atoms with Crippen LogP contribution >= 0.6 is 0 Å². The zero-order valence-corrected chi connectivity index (χ0v) is 12.2. The monoisotopic (exact) mass is 288 g/mol. The first-order valence-electron chi connectivity index (χ1n) is 7.32. The minimum absolute atomic E-state index is 0.345. The van der Waals surface area contributed by atoms with Gasteiger partial charge in [0, 0.05) is 24.0 Å². The van der Waals surface area contributed by atoms with Crippen molar-refractivity contribution in [1.82, 2.24) is 9.47 Å². The van der Waals surface area contributed by atoms with Crippen LogP contribution in [0.4, 0.5) is 0 Å². The van der Waals surface area contributed by atoms with Crippen LogP contribution in [0.15, 0.2) is 24.3 Å². The van der Waals surface area contributed by atoms with Crippen LogP contribution in [-0.4, -0.2) is 47.3 Å². The number of carboxylic acid groups (broad SMARTS) is 1. The van der Waals surface area contributed by atoms with Gasteiger partial charge in [-0.3, -0.25) is 0 Å². The molecule has 0 saturated carbocycles. The second kappa shape index (κ2) is 5.77. The van der Waals surface area contributed by atoms with E-state index in [0.29, 0.717) is 12.2 Å². The lowest BCUT2D eigenvalue weighted by molar-refractivity contribution is 0.0685. The van der Waals surface area contributed by atoms with Gasteiger partial charge in [-0.15, -0.1) is 0 Å². The lowest BCUT2D eigenvalue weighted by Gasteiger charge is -2.16. The number of hydrogen-bond acceptors (Lipinski definition) is 3. The maximum atomic E-state index is 11.5. The molecule has 0 bridgehead atoms. The van der Waals surface area contributed by atoms with Crippen LogP contribution in [0.3, 0.4) is 0 Å². The summed E-state index contributed by atoms with van der Waals surface area (Å²) in [4.78, 5) is 13.9. The molecule has 0 unspecified atom stereocenters. The number of carbonyl (C=O) groups is 1. The average molecular weight is 288 g/mol. The quantitative estimate of drug-likeness (QED) is 0.918. The molecule has 0 radical (unpaired) electrons. The number of aromatic carboxylic acids is 1.